The highest BCUT2D eigenvalue weighted by Crippen LogP contribution is 2.47. The van der Waals surface area contributed by atoms with E-state index in [0.717, 1.165) is 24.0 Å². The van der Waals surface area contributed by atoms with Crippen molar-refractivity contribution in [1.29, 1.82) is 0 Å². The summed E-state index contributed by atoms with van der Waals surface area (Å²) in [6.45, 7) is 16.9. The lowest BCUT2D eigenvalue weighted by Gasteiger charge is -2.26. The van der Waals surface area contributed by atoms with Crippen molar-refractivity contribution < 1.29 is 13.2 Å². The van der Waals surface area contributed by atoms with E-state index >= 15 is 0 Å². The average Bonchev–Trinajstić information content (AvgIpc) is 2.60. The van der Waals surface area contributed by atoms with Gasteiger partial charge in [-0.1, -0.05) is 79.7 Å². The van der Waals surface area contributed by atoms with Gasteiger partial charge in [0, 0.05) is 11.1 Å². The van der Waals surface area contributed by atoms with E-state index in [1.54, 1.807) is 0 Å². The number of benzene rings is 2. The van der Waals surface area contributed by atoms with Gasteiger partial charge in [-0.05, 0) is 46.9 Å². The summed E-state index contributed by atoms with van der Waals surface area (Å²) >= 11 is 0. The first-order valence-electron chi connectivity index (χ1n) is 10.0. The van der Waals surface area contributed by atoms with Gasteiger partial charge in [0.25, 0.3) is 0 Å². The Kier molecular flexibility index (Phi) is 7.15. The fourth-order valence-electron chi connectivity index (χ4n) is 3.10. The summed E-state index contributed by atoms with van der Waals surface area (Å²) in [7, 11) is -2.59. The van der Waals surface area contributed by atoms with Crippen molar-refractivity contribution in [1.82, 2.24) is 0 Å². The topological polar surface area (TPSA) is 18.5 Å². The Hall–Kier alpha value is -1.60. The summed E-state index contributed by atoms with van der Waals surface area (Å²) in [4.78, 5) is 0. The third-order valence-corrected chi connectivity index (χ3v) is 5.54. The second kappa shape index (κ2) is 8.82. The van der Waals surface area contributed by atoms with Crippen LogP contribution in [0.5, 0.6) is 11.5 Å². The van der Waals surface area contributed by atoms with Crippen LogP contribution in [0.1, 0.15) is 77.6 Å². The van der Waals surface area contributed by atoms with Gasteiger partial charge in [0.15, 0.2) is 0 Å². The number of aryl methyl sites for hydroxylation is 2. The van der Waals surface area contributed by atoms with Crippen molar-refractivity contribution in [2.45, 2.75) is 79.1 Å². The highest BCUT2D eigenvalue weighted by Gasteiger charge is 2.26. The first-order valence-corrected chi connectivity index (χ1v) is 11.1. The molecule has 0 radical (unpaired) electrons. The molecule has 0 atom stereocenters. The van der Waals surface area contributed by atoms with E-state index in [1.807, 2.05) is 24.3 Å². The Morgan fingerprint density at radius 2 is 1.07 bits per heavy atom. The summed E-state index contributed by atoms with van der Waals surface area (Å²) in [5.74, 6) is 1.11. The molecule has 0 N–H and O–H groups in total. The fourth-order valence-corrected chi connectivity index (χ4v) is 3.76. The molecule has 0 spiro atoms. The fraction of sp³-hybridized carbons (Fsp3) is 0.500. The predicted molar refractivity (Wildman–Crippen MR) is 118 cm³/mol. The molecule has 0 aromatic heterocycles. The average molecular weight is 405 g/mol. The lowest BCUT2D eigenvalue weighted by atomic mass is 9.85. The summed E-state index contributed by atoms with van der Waals surface area (Å²) in [5, 5.41) is 0. The molecule has 0 heterocycles. The zero-order valence-corrected chi connectivity index (χ0v) is 19.4. The van der Waals surface area contributed by atoms with Gasteiger partial charge in [0.05, 0.1) is 0 Å². The van der Waals surface area contributed by atoms with Gasteiger partial charge in [-0.15, -0.1) is 4.20 Å². The Balaban J connectivity index is 2.29. The molecule has 154 valence electrons. The Morgan fingerprint density at radius 1 is 0.714 bits per heavy atom. The van der Waals surface area contributed by atoms with Crippen molar-refractivity contribution in [3.05, 3.63) is 58.7 Å². The van der Waals surface area contributed by atoms with Gasteiger partial charge in [-0.2, -0.15) is 0 Å². The van der Waals surface area contributed by atoms with Crippen LogP contribution >= 0.6 is 8.69 Å². The van der Waals surface area contributed by atoms with Gasteiger partial charge < -0.3 is 9.05 Å². The number of hydrogen-bond donors (Lipinski definition) is 0. The molecule has 0 unspecified atom stereocenters. The molecule has 4 heteroatoms. The summed E-state index contributed by atoms with van der Waals surface area (Å²) < 4.78 is 26.2. The minimum atomic E-state index is -2.59. The second-order valence-electron chi connectivity index (χ2n) is 9.26. The van der Waals surface area contributed by atoms with Crippen molar-refractivity contribution in [3.8, 4) is 11.5 Å². The second-order valence-corrected chi connectivity index (χ2v) is 10.1. The molecule has 0 aliphatic heterocycles. The molecular formula is C24H34FO2P. The van der Waals surface area contributed by atoms with E-state index in [1.165, 1.54) is 11.1 Å². The van der Waals surface area contributed by atoms with E-state index in [-0.39, 0.29) is 10.8 Å². The van der Waals surface area contributed by atoms with Crippen LogP contribution in [0.3, 0.4) is 0 Å². The van der Waals surface area contributed by atoms with E-state index in [9.17, 15) is 4.20 Å². The van der Waals surface area contributed by atoms with Gasteiger partial charge in [-0.25, -0.2) is 0 Å². The maximum Gasteiger partial charge on any atom is 0.505 e. The maximum atomic E-state index is 14.9. The van der Waals surface area contributed by atoms with Gasteiger partial charge in [0.2, 0.25) is 0 Å². The molecule has 2 aromatic carbocycles. The Labute approximate surface area is 171 Å². The van der Waals surface area contributed by atoms with Gasteiger partial charge in [0.1, 0.15) is 11.5 Å². The number of halogens is 1. The molecule has 0 saturated heterocycles. The number of rotatable bonds is 6. The summed E-state index contributed by atoms with van der Waals surface area (Å²) in [6, 6.07) is 11.9. The smallest absolute Gasteiger partial charge is 0.414 e. The van der Waals surface area contributed by atoms with Crippen molar-refractivity contribution in [3.63, 3.8) is 0 Å². The first-order chi connectivity index (χ1) is 13.0. The normalized spacial score (nSPS) is 12.4. The molecule has 28 heavy (non-hydrogen) atoms. The van der Waals surface area contributed by atoms with E-state index in [0.29, 0.717) is 11.5 Å². The monoisotopic (exact) mass is 404 g/mol. The van der Waals surface area contributed by atoms with E-state index in [4.69, 9.17) is 9.05 Å². The highest BCUT2D eigenvalue weighted by molar-refractivity contribution is 7.42. The maximum absolute atomic E-state index is 14.9. The standard InChI is InChI=1S/C24H34FO2P/c1-9-17-11-13-21(19(15-17)23(3,4)5)26-28(25)27-22-14-12-18(10-2)16-20(22)24(6,7)8/h11-16H,9-10H2,1-8H3. The van der Waals surface area contributed by atoms with Gasteiger partial charge >= 0.3 is 8.69 Å². The number of hydrogen-bond acceptors (Lipinski definition) is 2. The Bertz CT molecular complexity index is 736. The van der Waals surface area contributed by atoms with Crippen molar-refractivity contribution >= 4 is 8.69 Å². The first kappa shape index (κ1) is 22.7. The molecule has 0 saturated carbocycles. The third kappa shape index (κ3) is 5.70. The summed E-state index contributed by atoms with van der Waals surface area (Å²) in [6.07, 6.45) is 1.87. The third-order valence-electron chi connectivity index (χ3n) is 4.86. The quantitative estimate of drug-likeness (QED) is 0.453. The molecule has 0 bridgehead atoms. The van der Waals surface area contributed by atoms with Crippen LogP contribution in [0, 0.1) is 0 Å². The molecule has 2 rings (SSSR count). The largest absolute Gasteiger partial charge is 0.505 e. The van der Waals surface area contributed by atoms with Crippen LogP contribution in [-0.4, -0.2) is 0 Å². The predicted octanol–water partition coefficient (Wildman–Crippen LogP) is 8.06. The zero-order valence-electron chi connectivity index (χ0n) is 18.5. The zero-order chi connectivity index (χ0) is 21.1. The van der Waals surface area contributed by atoms with E-state index in [2.05, 4.69) is 67.5 Å². The SMILES string of the molecule is CCc1ccc(OP(F)Oc2ccc(CC)cc2C(C)(C)C)c(C(C)(C)C)c1. The van der Waals surface area contributed by atoms with Crippen molar-refractivity contribution in [2.24, 2.45) is 0 Å². The lowest BCUT2D eigenvalue weighted by Crippen LogP contribution is -2.14. The Morgan fingerprint density at radius 3 is 1.36 bits per heavy atom. The van der Waals surface area contributed by atoms with E-state index < -0.39 is 8.69 Å². The molecular weight excluding hydrogens is 370 g/mol. The lowest BCUT2D eigenvalue weighted by molar-refractivity contribution is 0.420. The van der Waals surface area contributed by atoms with Crippen LogP contribution in [0.4, 0.5) is 4.20 Å². The minimum absolute atomic E-state index is 0.143. The molecule has 0 aliphatic rings. The summed E-state index contributed by atoms with van der Waals surface area (Å²) in [5.41, 5.74) is 4.14. The van der Waals surface area contributed by atoms with Crippen molar-refractivity contribution in [2.75, 3.05) is 0 Å². The van der Waals surface area contributed by atoms with Crippen LogP contribution in [0.15, 0.2) is 36.4 Å². The minimum Gasteiger partial charge on any atom is -0.414 e. The van der Waals surface area contributed by atoms with Crippen LogP contribution < -0.4 is 9.05 Å². The highest BCUT2D eigenvalue weighted by atomic mass is 31.2. The van der Waals surface area contributed by atoms with Crippen LogP contribution in [-0.2, 0) is 23.7 Å². The molecule has 0 aliphatic carbocycles. The molecule has 2 nitrogen and oxygen atoms in total. The molecule has 2 aromatic rings. The van der Waals surface area contributed by atoms with Gasteiger partial charge in [-0.3, -0.25) is 0 Å². The molecule has 0 fully saturated rings. The van der Waals surface area contributed by atoms with Crippen LogP contribution in [0.2, 0.25) is 0 Å². The van der Waals surface area contributed by atoms with Crippen LogP contribution in [0.25, 0.3) is 0 Å². The molecule has 0 amide bonds.